The molecule has 86 heavy (non-hydrogen) atoms. The maximum atomic E-state index is 12.8. The molecule has 3 amide bonds. The molecule has 0 spiro atoms. The van der Waals surface area contributed by atoms with Crippen molar-refractivity contribution in [3.8, 4) is 0 Å². The highest BCUT2D eigenvalue weighted by molar-refractivity contribution is 5.74. The van der Waals surface area contributed by atoms with Gasteiger partial charge in [0.05, 0.1) is 45.7 Å². The minimum atomic E-state index is -2.32. The topological polar surface area (TPSA) is 592 Å². The van der Waals surface area contributed by atoms with Crippen molar-refractivity contribution in [2.24, 2.45) is 0 Å². The first-order valence-corrected chi connectivity index (χ1v) is 27.5. The quantitative estimate of drug-likeness (QED) is 0.0507. The van der Waals surface area contributed by atoms with Gasteiger partial charge in [-0.1, -0.05) is 0 Å². The van der Waals surface area contributed by atoms with E-state index in [1.807, 2.05) is 0 Å². The summed E-state index contributed by atoms with van der Waals surface area (Å²) < 4.78 is 75.5. The molecule has 38 nitrogen and oxygen atoms in total. The lowest BCUT2D eigenvalue weighted by molar-refractivity contribution is -0.395. The predicted octanol–water partition coefficient (Wildman–Crippen LogP) is -14.8. The smallest absolute Gasteiger partial charge is 0.217 e. The van der Waals surface area contributed by atoms with E-state index in [1.54, 1.807) is 0 Å². The van der Waals surface area contributed by atoms with Gasteiger partial charge >= 0.3 is 0 Å². The molecule has 0 unspecified atom stereocenters. The fourth-order valence-electron chi connectivity index (χ4n) is 11.0. The summed E-state index contributed by atoms with van der Waals surface area (Å²) in [7, 11) is 0. The van der Waals surface area contributed by atoms with Crippen molar-refractivity contribution in [1.29, 1.82) is 0 Å². The van der Waals surface area contributed by atoms with Crippen LogP contribution in [0.3, 0.4) is 0 Å². The second-order valence-electron chi connectivity index (χ2n) is 21.8. The van der Waals surface area contributed by atoms with Crippen molar-refractivity contribution in [2.45, 2.75) is 242 Å². The normalized spacial score (nSPS) is 49.4. The highest BCUT2D eigenvalue weighted by Crippen LogP contribution is 2.38. The average Bonchev–Trinajstić information content (AvgIpc) is 1.29. The summed E-state index contributed by atoms with van der Waals surface area (Å²) in [6, 6.07) is -5.27. The fraction of sp³-hybridized carbons (Fsp3) is 0.938. The maximum Gasteiger partial charge on any atom is 0.217 e. The summed E-state index contributed by atoms with van der Waals surface area (Å²) in [4.78, 5) is 37.6. The van der Waals surface area contributed by atoms with Crippen molar-refractivity contribution in [3.63, 3.8) is 0 Å². The van der Waals surface area contributed by atoms with Gasteiger partial charge in [-0.15, -0.1) is 0 Å². The molecule has 7 aliphatic heterocycles. The second kappa shape index (κ2) is 30.5. The molecule has 7 saturated heterocycles. The maximum absolute atomic E-state index is 12.8. The first kappa shape index (κ1) is 70.6. The molecule has 0 radical (unpaired) electrons. The third-order valence-corrected chi connectivity index (χ3v) is 15.7. The summed E-state index contributed by atoms with van der Waals surface area (Å²) in [5, 5.41) is 214. The molecular weight excluding hydrogens is 1180 g/mol. The van der Waals surface area contributed by atoms with E-state index in [0.717, 1.165) is 20.8 Å². The molecule has 7 aliphatic rings. The second-order valence-corrected chi connectivity index (χ2v) is 21.8. The van der Waals surface area contributed by atoms with Crippen LogP contribution in [0.2, 0.25) is 0 Å². The Kier molecular flexibility index (Phi) is 25.0. The van der Waals surface area contributed by atoms with E-state index < -0.39 is 272 Å². The number of carbonyl (C=O) groups excluding carboxylic acids is 3. The minimum Gasteiger partial charge on any atom is -0.394 e. The number of rotatable bonds is 21. The van der Waals surface area contributed by atoms with Crippen molar-refractivity contribution >= 4 is 17.7 Å². The molecule has 7 fully saturated rings. The zero-order valence-electron chi connectivity index (χ0n) is 46.5. The number of ether oxygens (including phenoxy) is 13. The van der Waals surface area contributed by atoms with Crippen LogP contribution in [0.4, 0.5) is 0 Å². The Morgan fingerprint density at radius 1 is 0.326 bits per heavy atom. The summed E-state index contributed by atoms with van der Waals surface area (Å²) in [6.45, 7) is -1.51. The lowest BCUT2D eigenvalue weighted by Crippen LogP contribution is -2.71. The van der Waals surface area contributed by atoms with Gasteiger partial charge in [0, 0.05) is 20.8 Å². The van der Waals surface area contributed by atoms with Crippen LogP contribution in [0, 0.1) is 0 Å². The Morgan fingerprint density at radius 2 is 0.686 bits per heavy atom. The zero-order valence-corrected chi connectivity index (χ0v) is 46.5. The van der Waals surface area contributed by atoms with Crippen LogP contribution < -0.4 is 16.0 Å². The number of aliphatic hydroxyl groups excluding tert-OH is 19. The number of aliphatic hydroxyl groups is 19. The largest absolute Gasteiger partial charge is 0.394 e. The third kappa shape index (κ3) is 15.4. The number of nitrogens with one attached hydrogen (secondary N) is 3. The van der Waals surface area contributed by atoms with E-state index >= 15 is 0 Å². The molecular formula is C48H81N3O35. The van der Waals surface area contributed by atoms with Crippen LogP contribution in [0.1, 0.15) is 27.7 Å². The van der Waals surface area contributed by atoms with E-state index in [4.69, 9.17) is 61.6 Å². The average molecular weight is 1260 g/mol. The van der Waals surface area contributed by atoms with Crippen molar-refractivity contribution in [1.82, 2.24) is 16.0 Å². The number of hydrogen-bond donors (Lipinski definition) is 22. The van der Waals surface area contributed by atoms with Gasteiger partial charge in [-0.25, -0.2) is 0 Å². The standard InChI is InChI=1S/C48H81N3O35/c1-11-24(60)31(67)34(70)45(75-11)74-10-20-39(28(64)21(42(73)76-20)49-12(2)57)82-43-22(50-13(3)58)29(65)38(19(9-56)80-43)84-47-36(72)40(27(63)17(7-54)78-47)85-48-41(33(69)26(62)16(6-53)79-48)86-44-23(51-14(4)59)30(66)37(18(8-55)81-44)83-46-35(71)32(68)25(61)15(5-52)77-46/h11,15-48,52-56,60-73H,5-10H2,1-4H3,(H,49,57)(H,50,58)(H,51,59)/t11-,15-,16-,17-,18-,19-,20-,21-,22-,23-,24+,25+,26-,27-,28-,29-,30-,31+,32+,33+,34-,35-,36+,37-,38-,39-,40+,41+,42-,43+,44+,45+,46+,47+,48-/m1/s1. The van der Waals surface area contributed by atoms with Crippen molar-refractivity contribution in [3.05, 3.63) is 0 Å². The van der Waals surface area contributed by atoms with Gasteiger partial charge in [-0.3, -0.25) is 14.4 Å². The van der Waals surface area contributed by atoms with Gasteiger partial charge in [-0.2, -0.15) is 0 Å². The Labute approximate surface area is 488 Å². The molecule has 0 bridgehead atoms. The fourth-order valence-corrected chi connectivity index (χ4v) is 11.0. The predicted molar refractivity (Wildman–Crippen MR) is 265 cm³/mol. The molecule has 7 heterocycles. The number of hydrogen-bond acceptors (Lipinski definition) is 35. The minimum absolute atomic E-state index is 0.749. The van der Waals surface area contributed by atoms with E-state index in [-0.39, 0.29) is 0 Å². The Hall–Kier alpha value is -2.87. The van der Waals surface area contributed by atoms with Crippen molar-refractivity contribution in [2.75, 3.05) is 39.6 Å². The lowest BCUT2D eigenvalue weighted by Gasteiger charge is -2.51. The summed E-state index contributed by atoms with van der Waals surface area (Å²) in [5.74, 6) is -2.51. The highest BCUT2D eigenvalue weighted by atomic mass is 16.8. The van der Waals surface area contributed by atoms with Crippen LogP contribution >= 0.6 is 0 Å². The number of carbonyl (C=O) groups is 3. The van der Waals surface area contributed by atoms with Crippen LogP contribution in [0.15, 0.2) is 0 Å². The molecule has 22 N–H and O–H groups in total. The van der Waals surface area contributed by atoms with Gasteiger partial charge in [0.15, 0.2) is 44.0 Å². The van der Waals surface area contributed by atoms with E-state index in [0.29, 0.717) is 0 Å². The molecule has 35 atom stereocenters. The van der Waals surface area contributed by atoms with Crippen LogP contribution in [-0.2, 0) is 76.0 Å². The number of amides is 3. The zero-order chi connectivity index (χ0) is 63.5. The van der Waals surface area contributed by atoms with Gasteiger partial charge < -0.3 is 175 Å². The first-order valence-electron chi connectivity index (χ1n) is 27.5. The third-order valence-electron chi connectivity index (χ3n) is 15.7. The Balaban J connectivity index is 1.12. The SMILES string of the molecule is CC(=O)N[C@@H]1[C@@H](O)[C@H](O[C@@H]2O[C@H](CO)[C@@H](O[C@@H]3O[C@H](CO)[C@@H](O)[C@H](O[C@H]4O[C@H](CO)[C@@H](O)[C@H](O)[C@@H]4O[C@@H]4O[C@H](CO)[C@@H](O[C@@H]5O[C@H](CO)[C@H](O)[C@H](O)[C@H]5O)[C@H](O)[C@H]4NC(C)=O)[C@@H]3O)[C@H](O)[C@H]2NC(C)=O)[C@@H](CO[C@H]2O[C@H](C)[C@H](O)[C@H](O)[C@H]2O)O[C@H]1O. The molecule has 0 saturated carbocycles. The van der Waals surface area contributed by atoms with Crippen molar-refractivity contribution < 1.29 is 173 Å². The molecule has 498 valence electrons. The van der Waals surface area contributed by atoms with Crippen LogP contribution in [0.5, 0.6) is 0 Å². The highest BCUT2D eigenvalue weighted by Gasteiger charge is 2.59. The van der Waals surface area contributed by atoms with E-state index in [2.05, 4.69) is 16.0 Å². The molecule has 0 aromatic heterocycles. The molecule has 0 aliphatic carbocycles. The Morgan fingerprint density at radius 3 is 1.17 bits per heavy atom. The molecule has 0 aromatic carbocycles. The monoisotopic (exact) mass is 1260 g/mol. The van der Waals surface area contributed by atoms with E-state index in [1.165, 1.54) is 6.92 Å². The van der Waals surface area contributed by atoms with Gasteiger partial charge in [0.2, 0.25) is 17.7 Å². The summed E-state index contributed by atoms with van der Waals surface area (Å²) in [6.07, 6.45) is -60.8. The first-order chi connectivity index (χ1) is 40.6. The summed E-state index contributed by atoms with van der Waals surface area (Å²) >= 11 is 0. The summed E-state index contributed by atoms with van der Waals surface area (Å²) in [5.41, 5.74) is 0. The van der Waals surface area contributed by atoms with Crippen LogP contribution in [0.25, 0.3) is 0 Å². The van der Waals surface area contributed by atoms with Gasteiger partial charge in [0.1, 0.15) is 165 Å². The molecule has 7 rings (SSSR count). The van der Waals surface area contributed by atoms with E-state index in [9.17, 15) is 111 Å². The van der Waals surface area contributed by atoms with Crippen LogP contribution in [-0.4, -0.2) is 369 Å². The molecule has 0 aromatic rings. The van der Waals surface area contributed by atoms with Gasteiger partial charge in [0.25, 0.3) is 0 Å². The lowest BCUT2D eigenvalue weighted by atomic mass is 9.93. The molecule has 38 heteroatoms. The Bertz CT molecular complexity index is 2170. The van der Waals surface area contributed by atoms with Gasteiger partial charge in [-0.05, 0) is 6.92 Å².